The summed E-state index contributed by atoms with van der Waals surface area (Å²) in [6, 6.07) is 16.5. The number of hydrogen-bond acceptors (Lipinski definition) is 5. The van der Waals surface area contributed by atoms with Crippen molar-refractivity contribution < 1.29 is 14.3 Å². The Hall–Kier alpha value is -3.25. The summed E-state index contributed by atoms with van der Waals surface area (Å²) >= 11 is 6.12. The third-order valence-electron chi connectivity index (χ3n) is 4.06. The third kappa shape index (κ3) is 4.72. The summed E-state index contributed by atoms with van der Waals surface area (Å²) in [7, 11) is 3.09. The molecule has 6 nitrogen and oxygen atoms in total. The Bertz CT molecular complexity index is 947. The fourth-order valence-corrected chi connectivity index (χ4v) is 2.81. The minimum atomic E-state index is -0.186. The van der Waals surface area contributed by atoms with Crippen LogP contribution in [-0.2, 0) is 6.54 Å². The lowest BCUT2D eigenvalue weighted by atomic mass is 10.2. The first-order chi connectivity index (χ1) is 13.6. The lowest BCUT2D eigenvalue weighted by Gasteiger charge is -2.13. The predicted octanol–water partition coefficient (Wildman–Crippen LogP) is 4.43. The molecule has 144 valence electrons. The van der Waals surface area contributed by atoms with Crippen molar-refractivity contribution in [2.45, 2.75) is 6.54 Å². The summed E-state index contributed by atoms with van der Waals surface area (Å²) in [4.78, 5) is 16.6. The summed E-state index contributed by atoms with van der Waals surface area (Å²) in [5, 5.41) is 6.46. The Balaban J connectivity index is 1.68. The van der Waals surface area contributed by atoms with Gasteiger partial charge in [0.2, 0.25) is 0 Å². The number of carbonyl (C=O) groups excluding carboxylic acids is 1. The molecule has 3 rings (SSSR count). The average Bonchev–Trinajstić information content (AvgIpc) is 2.74. The van der Waals surface area contributed by atoms with Gasteiger partial charge < -0.3 is 20.1 Å². The molecular weight excluding hydrogens is 378 g/mol. The van der Waals surface area contributed by atoms with Gasteiger partial charge in [0, 0.05) is 24.9 Å². The predicted molar refractivity (Wildman–Crippen MR) is 110 cm³/mol. The highest BCUT2D eigenvalue weighted by Gasteiger charge is 2.11. The quantitative estimate of drug-likeness (QED) is 0.617. The Kier molecular flexibility index (Phi) is 6.34. The topological polar surface area (TPSA) is 72.5 Å². The van der Waals surface area contributed by atoms with Crippen LogP contribution in [0.3, 0.4) is 0 Å². The van der Waals surface area contributed by atoms with Gasteiger partial charge in [-0.25, -0.2) is 4.98 Å². The van der Waals surface area contributed by atoms with Crippen LogP contribution in [0.1, 0.15) is 15.9 Å². The zero-order valence-corrected chi connectivity index (χ0v) is 16.3. The monoisotopic (exact) mass is 397 g/mol. The van der Waals surface area contributed by atoms with Crippen molar-refractivity contribution in [1.82, 2.24) is 10.3 Å². The van der Waals surface area contributed by atoms with Gasteiger partial charge in [0.05, 0.1) is 30.5 Å². The molecule has 1 amide bonds. The van der Waals surface area contributed by atoms with Gasteiger partial charge in [-0.3, -0.25) is 4.79 Å². The van der Waals surface area contributed by atoms with Crippen LogP contribution in [0.4, 0.5) is 11.5 Å². The number of methoxy groups -OCH3 is 2. The van der Waals surface area contributed by atoms with Crippen molar-refractivity contribution in [2.75, 3.05) is 19.5 Å². The minimum absolute atomic E-state index is 0.186. The number of rotatable bonds is 7. The van der Waals surface area contributed by atoms with Crippen molar-refractivity contribution in [3.63, 3.8) is 0 Å². The molecule has 7 heteroatoms. The van der Waals surface area contributed by atoms with E-state index in [0.29, 0.717) is 40.1 Å². The van der Waals surface area contributed by atoms with Crippen LogP contribution in [0.5, 0.6) is 11.5 Å². The lowest BCUT2D eigenvalue weighted by molar-refractivity contribution is 0.0950. The second-order valence-corrected chi connectivity index (χ2v) is 6.32. The van der Waals surface area contributed by atoms with Gasteiger partial charge in [0.25, 0.3) is 5.91 Å². The van der Waals surface area contributed by atoms with Gasteiger partial charge in [0.1, 0.15) is 17.3 Å². The number of pyridine rings is 1. The lowest BCUT2D eigenvalue weighted by Crippen LogP contribution is -2.22. The first kappa shape index (κ1) is 19.5. The Morgan fingerprint density at radius 2 is 1.79 bits per heavy atom. The number of aromatic nitrogens is 1. The number of nitrogens with zero attached hydrogens (tertiary/aromatic N) is 1. The fraction of sp³-hybridized carbons (Fsp3) is 0.143. The summed E-state index contributed by atoms with van der Waals surface area (Å²) in [6.45, 7) is 0.460. The summed E-state index contributed by atoms with van der Waals surface area (Å²) in [5.74, 6) is 1.44. The molecule has 28 heavy (non-hydrogen) atoms. The fourth-order valence-electron chi connectivity index (χ4n) is 2.58. The Labute approximate surface area is 168 Å². The van der Waals surface area contributed by atoms with Crippen molar-refractivity contribution in [2.24, 2.45) is 0 Å². The van der Waals surface area contributed by atoms with E-state index in [0.717, 1.165) is 5.56 Å². The SMILES string of the molecule is COc1cc(Nc2ccc(C(=O)NCc3ccccc3)cn2)c(OC)cc1Cl. The van der Waals surface area contributed by atoms with Gasteiger partial charge in [-0.15, -0.1) is 0 Å². The van der Waals surface area contributed by atoms with Crippen LogP contribution in [0.15, 0.2) is 60.8 Å². The second-order valence-electron chi connectivity index (χ2n) is 5.91. The molecule has 1 heterocycles. The molecule has 0 aliphatic heterocycles. The van der Waals surface area contributed by atoms with Crippen molar-refractivity contribution in [3.05, 3.63) is 76.9 Å². The third-order valence-corrected chi connectivity index (χ3v) is 4.35. The van der Waals surface area contributed by atoms with E-state index in [9.17, 15) is 4.79 Å². The normalized spacial score (nSPS) is 10.2. The molecule has 0 atom stereocenters. The van der Waals surface area contributed by atoms with Gasteiger partial charge in [-0.1, -0.05) is 41.9 Å². The summed E-state index contributed by atoms with van der Waals surface area (Å²) in [6.07, 6.45) is 1.52. The molecule has 0 saturated carbocycles. The molecule has 2 N–H and O–H groups in total. The van der Waals surface area contributed by atoms with E-state index in [2.05, 4.69) is 15.6 Å². The molecule has 0 aliphatic rings. The number of nitrogens with one attached hydrogen (secondary N) is 2. The first-order valence-electron chi connectivity index (χ1n) is 8.57. The maximum atomic E-state index is 12.3. The van der Waals surface area contributed by atoms with Gasteiger partial charge in [-0.05, 0) is 17.7 Å². The summed E-state index contributed by atoms with van der Waals surface area (Å²) < 4.78 is 10.6. The minimum Gasteiger partial charge on any atom is -0.495 e. The van der Waals surface area contributed by atoms with E-state index in [-0.39, 0.29) is 5.91 Å². The van der Waals surface area contributed by atoms with Crippen LogP contribution in [0.25, 0.3) is 0 Å². The Morgan fingerprint density at radius 1 is 1.04 bits per heavy atom. The smallest absolute Gasteiger partial charge is 0.253 e. The number of hydrogen-bond donors (Lipinski definition) is 2. The molecule has 3 aromatic rings. The Morgan fingerprint density at radius 3 is 2.43 bits per heavy atom. The molecule has 0 spiro atoms. The molecule has 1 aromatic heterocycles. The number of ether oxygens (including phenoxy) is 2. The van der Waals surface area contributed by atoms with Crippen LogP contribution < -0.4 is 20.1 Å². The van der Waals surface area contributed by atoms with E-state index >= 15 is 0 Å². The second kappa shape index (κ2) is 9.10. The standard InChI is InChI=1S/C21H20ClN3O3/c1-27-18-11-17(19(28-2)10-16(18)22)25-20-9-8-15(13-23-20)21(26)24-12-14-6-4-3-5-7-14/h3-11,13H,12H2,1-2H3,(H,23,25)(H,24,26). The number of carbonyl (C=O) groups is 1. The molecule has 0 unspecified atom stereocenters. The largest absolute Gasteiger partial charge is 0.495 e. The van der Waals surface area contributed by atoms with Crippen molar-refractivity contribution >= 4 is 29.0 Å². The number of amides is 1. The van der Waals surface area contributed by atoms with Gasteiger partial charge >= 0.3 is 0 Å². The van der Waals surface area contributed by atoms with E-state index in [1.54, 1.807) is 38.5 Å². The van der Waals surface area contributed by atoms with E-state index < -0.39 is 0 Å². The van der Waals surface area contributed by atoms with Crippen LogP contribution >= 0.6 is 11.6 Å². The summed E-state index contributed by atoms with van der Waals surface area (Å²) in [5.41, 5.74) is 2.16. The first-order valence-corrected chi connectivity index (χ1v) is 8.95. The number of benzene rings is 2. The average molecular weight is 398 g/mol. The van der Waals surface area contributed by atoms with Gasteiger partial charge in [0.15, 0.2) is 0 Å². The highest BCUT2D eigenvalue weighted by atomic mass is 35.5. The van der Waals surface area contributed by atoms with Crippen molar-refractivity contribution in [1.29, 1.82) is 0 Å². The molecule has 0 fully saturated rings. The maximum absolute atomic E-state index is 12.3. The van der Waals surface area contributed by atoms with Crippen LogP contribution in [0, 0.1) is 0 Å². The van der Waals surface area contributed by atoms with E-state index in [1.807, 2.05) is 30.3 Å². The molecule has 2 aromatic carbocycles. The van der Waals surface area contributed by atoms with Gasteiger partial charge in [-0.2, -0.15) is 0 Å². The van der Waals surface area contributed by atoms with Crippen molar-refractivity contribution in [3.8, 4) is 11.5 Å². The van der Waals surface area contributed by atoms with E-state index in [4.69, 9.17) is 21.1 Å². The zero-order valence-electron chi connectivity index (χ0n) is 15.5. The zero-order chi connectivity index (χ0) is 19.9. The maximum Gasteiger partial charge on any atom is 0.253 e. The number of anilines is 2. The van der Waals surface area contributed by atoms with Crippen LogP contribution in [-0.4, -0.2) is 25.1 Å². The highest BCUT2D eigenvalue weighted by Crippen LogP contribution is 2.37. The van der Waals surface area contributed by atoms with Crippen LogP contribution in [0.2, 0.25) is 5.02 Å². The molecule has 0 radical (unpaired) electrons. The highest BCUT2D eigenvalue weighted by molar-refractivity contribution is 6.32. The molecular formula is C21H20ClN3O3. The molecule has 0 aliphatic carbocycles. The molecule has 0 saturated heterocycles. The number of halogens is 1. The molecule has 0 bridgehead atoms. The van der Waals surface area contributed by atoms with E-state index in [1.165, 1.54) is 6.20 Å².